The lowest BCUT2D eigenvalue weighted by Crippen LogP contribution is -2.00. The molecule has 54 valence electrons. The summed E-state index contributed by atoms with van der Waals surface area (Å²) in [6, 6.07) is 0. The first-order valence-corrected chi connectivity index (χ1v) is 4.27. The largest absolute Gasteiger partial charge is 0.265 e. The topological polar surface area (TPSA) is 43.1 Å². The van der Waals surface area contributed by atoms with Crippen molar-refractivity contribution in [3.05, 3.63) is 10.1 Å². The smallest absolute Gasteiger partial charge is 0.203 e. The van der Waals surface area contributed by atoms with Crippen LogP contribution in [0.15, 0.2) is 0 Å². The fraction of sp³-hybridized carbons (Fsp3) is 1.00. The normalized spacial score (nSPS) is 9.44. The summed E-state index contributed by atoms with van der Waals surface area (Å²) in [5.74, 6) is 1.04. The molecule has 0 aromatic heterocycles. The Morgan fingerprint density at radius 2 is 2.22 bits per heavy atom. The summed E-state index contributed by atoms with van der Waals surface area (Å²) in [6.45, 7) is 0.126. The highest BCUT2D eigenvalue weighted by molar-refractivity contribution is 7.98. The van der Waals surface area contributed by atoms with Gasteiger partial charge in [-0.2, -0.15) is 11.8 Å². The van der Waals surface area contributed by atoms with Gasteiger partial charge in [0.15, 0.2) is 0 Å². The van der Waals surface area contributed by atoms with E-state index in [9.17, 15) is 10.1 Å². The molecule has 0 rings (SSSR count). The van der Waals surface area contributed by atoms with Crippen LogP contribution in [0.1, 0.15) is 12.8 Å². The van der Waals surface area contributed by atoms with Gasteiger partial charge in [0.2, 0.25) is 6.54 Å². The monoisotopic (exact) mass is 149 g/mol. The lowest BCUT2D eigenvalue weighted by molar-refractivity contribution is -0.480. The standard InChI is InChI=1S/C5H11NO2S/c1-9-5-3-2-4-6(7)8/h2-5H2,1H3. The van der Waals surface area contributed by atoms with Crippen molar-refractivity contribution in [3.63, 3.8) is 0 Å². The third-order valence-corrected chi connectivity index (χ3v) is 1.64. The van der Waals surface area contributed by atoms with Gasteiger partial charge in [-0.1, -0.05) is 0 Å². The zero-order chi connectivity index (χ0) is 7.11. The third kappa shape index (κ3) is 7.75. The molecule has 3 nitrogen and oxygen atoms in total. The first-order valence-electron chi connectivity index (χ1n) is 2.88. The number of hydrogen-bond acceptors (Lipinski definition) is 3. The predicted molar refractivity (Wildman–Crippen MR) is 39.5 cm³/mol. The van der Waals surface area contributed by atoms with E-state index in [0.717, 1.165) is 12.2 Å². The summed E-state index contributed by atoms with van der Waals surface area (Å²) in [5, 5.41) is 9.76. The van der Waals surface area contributed by atoms with Gasteiger partial charge in [0.1, 0.15) is 0 Å². The third-order valence-electron chi connectivity index (χ3n) is 0.939. The molecule has 0 aromatic carbocycles. The Hall–Kier alpha value is -0.250. The summed E-state index contributed by atoms with van der Waals surface area (Å²) < 4.78 is 0. The van der Waals surface area contributed by atoms with Gasteiger partial charge in [0, 0.05) is 11.3 Å². The minimum absolute atomic E-state index is 0.126. The van der Waals surface area contributed by atoms with E-state index < -0.39 is 0 Å². The first-order chi connectivity index (χ1) is 4.27. The molecule has 0 bridgehead atoms. The van der Waals surface area contributed by atoms with Crippen LogP contribution < -0.4 is 0 Å². The van der Waals surface area contributed by atoms with Crippen molar-refractivity contribution in [3.8, 4) is 0 Å². The molecule has 0 aliphatic heterocycles. The Morgan fingerprint density at radius 3 is 2.67 bits per heavy atom. The van der Waals surface area contributed by atoms with Gasteiger partial charge in [0.25, 0.3) is 0 Å². The Morgan fingerprint density at radius 1 is 1.56 bits per heavy atom. The predicted octanol–water partition coefficient (Wildman–Crippen LogP) is 1.41. The Balaban J connectivity index is 2.83. The summed E-state index contributed by atoms with van der Waals surface area (Å²) in [7, 11) is 0. The van der Waals surface area contributed by atoms with E-state index in [0.29, 0.717) is 6.42 Å². The van der Waals surface area contributed by atoms with Crippen LogP contribution in [-0.2, 0) is 0 Å². The van der Waals surface area contributed by atoms with Crippen LogP contribution in [-0.4, -0.2) is 23.5 Å². The van der Waals surface area contributed by atoms with Gasteiger partial charge < -0.3 is 0 Å². The summed E-state index contributed by atoms with van der Waals surface area (Å²) in [5.41, 5.74) is 0. The van der Waals surface area contributed by atoms with Gasteiger partial charge in [-0.25, -0.2) is 0 Å². The Bertz CT molecular complexity index is 87.0. The van der Waals surface area contributed by atoms with Crippen LogP contribution in [0.5, 0.6) is 0 Å². The second-order valence-electron chi connectivity index (χ2n) is 1.76. The molecule has 4 heteroatoms. The zero-order valence-electron chi connectivity index (χ0n) is 5.50. The maximum Gasteiger partial charge on any atom is 0.203 e. The molecule has 0 saturated carbocycles. The average molecular weight is 149 g/mol. The van der Waals surface area contributed by atoms with Crippen molar-refractivity contribution in [2.24, 2.45) is 0 Å². The molecule has 0 atom stereocenters. The molecular formula is C5H11NO2S. The second kappa shape index (κ2) is 5.88. The molecule has 0 N–H and O–H groups in total. The van der Waals surface area contributed by atoms with Gasteiger partial charge in [-0.3, -0.25) is 10.1 Å². The molecule has 0 fully saturated rings. The molecule has 0 radical (unpaired) electrons. The molecule has 0 amide bonds. The van der Waals surface area contributed by atoms with Crippen molar-refractivity contribution >= 4 is 11.8 Å². The number of unbranched alkanes of at least 4 members (excludes halogenated alkanes) is 1. The number of thioether (sulfide) groups is 1. The minimum Gasteiger partial charge on any atom is -0.265 e. The lowest BCUT2D eigenvalue weighted by atomic mass is 10.3. The van der Waals surface area contributed by atoms with Crippen LogP contribution in [0.25, 0.3) is 0 Å². The summed E-state index contributed by atoms with van der Waals surface area (Å²) in [4.78, 5) is 9.50. The van der Waals surface area contributed by atoms with Crippen LogP contribution in [0, 0.1) is 10.1 Å². The van der Waals surface area contributed by atoms with Crippen LogP contribution in [0.4, 0.5) is 0 Å². The number of hydrogen-bond donors (Lipinski definition) is 0. The maximum absolute atomic E-state index is 9.76. The number of rotatable bonds is 5. The SMILES string of the molecule is CSCCCC[N+](=O)[O-]. The highest BCUT2D eigenvalue weighted by Crippen LogP contribution is 1.98. The molecule has 9 heavy (non-hydrogen) atoms. The van der Waals surface area contributed by atoms with Crippen LogP contribution >= 0.6 is 11.8 Å². The molecular weight excluding hydrogens is 138 g/mol. The Kier molecular flexibility index (Phi) is 5.72. The second-order valence-corrected chi connectivity index (χ2v) is 2.74. The van der Waals surface area contributed by atoms with Gasteiger partial charge in [-0.05, 0) is 18.4 Å². The molecule has 0 aliphatic rings. The molecule has 0 heterocycles. The molecule has 0 aromatic rings. The molecule has 0 spiro atoms. The van der Waals surface area contributed by atoms with Gasteiger partial charge in [-0.15, -0.1) is 0 Å². The number of nitrogens with zero attached hydrogens (tertiary/aromatic N) is 1. The van der Waals surface area contributed by atoms with E-state index in [-0.39, 0.29) is 11.5 Å². The van der Waals surface area contributed by atoms with E-state index in [1.165, 1.54) is 0 Å². The van der Waals surface area contributed by atoms with E-state index in [1.807, 2.05) is 6.26 Å². The molecule has 0 saturated heterocycles. The van der Waals surface area contributed by atoms with Crippen molar-refractivity contribution in [2.45, 2.75) is 12.8 Å². The summed E-state index contributed by atoms with van der Waals surface area (Å²) in [6.07, 6.45) is 3.68. The quantitative estimate of drug-likeness (QED) is 0.337. The number of nitro groups is 1. The van der Waals surface area contributed by atoms with Crippen LogP contribution in [0.3, 0.4) is 0 Å². The van der Waals surface area contributed by atoms with Gasteiger partial charge in [0.05, 0.1) is 0 Å². The van der Waals surface area contributed by atoms with E-state index in [2.05, 4.69) is 0 Å². The first kappa shape index (κ1) is 8.75. The fourth-order valence-electron chi connectivity index (χ4n) is 0.487. The van der Waals surface area contributed by atoms with Crippen molar-refractivity contribution in [2.75, 3.05) is 18.6 Å². The molecule has 0 aliphatic carbocycles. The van der Waals surface area contributed by atoms with E-state index in [4.69, 9.17) is 0 Å². The average Bonchev–Trinajstić information content (AvgIpc) is 1.80. The summed E-state index contributed by atoms with van der Waals surface area (Å²) >= 11 is 1.73. The zero-order valence-corrected chi connectivity index (χ0v) is 6.32. The lowest BCUT2D eigenvalue weighted by Gasteiger charge is -1.91. The van der Waals surface area contributed by atoms with Crippen molar-refractivity contribution < 1.29 is 4.92 Å². The minimum atomic E-state index is -0.264. The van der Waals surface area contributed by atoms with E-state index >= 15 is 0 Å². The van der Waals surface area contributed by atoms with E-state index in [1.54, 1.807) is 11.8 Å². The van der Waals surface area contributed by atoms with Crippen molar-refractivity contribution in [1.82, 2.24) is 0 Å². The Labute approximate surface area is 59.0 Å². The maximum atomic E-state index is 9.76. The van der Waals surface area contributed by atoms with Gasteiger partial charge >= 0.3 is 0 Å². The highest BCUT2D eigenvalue weighted by Gasteiger charge is 1.94. The molecule has 0 unspecified atom stereocenters. The highest BCUT2D eigenvalue weighted by atomic mass is 32.2. The fourth-order valence-corrected chi connectivity index (χ4v) is 0.980. The van der Waals surface area contributed by atoms with Crippen LogP contribution in [0.2, 0.25) is 0 Å². The van der Waals surface area contributed by atoms with Crippen molar-refractivity contribution in [1.29, 1.82) is 0 Å².